The Bertz CT molecular complexity index is 1490. The van der Waals surface area contributed by atoms with Crippen LogP contribution in [0.2, 0.25) is 0 Å². The number of ether oxygens (including phenoxy) is 1. The van der Waals surface area contributed by atoms with Crippen molar-refractivity contribution in [3.05, 3.63) is 68.6 Å². The number of rotatable bonds is 3. The van der Waals surface area contributed by atoms with Crippen LogP contribution in [0.25, 0.3) is 0 Å². The number of Topliss-reactive ketones (excluding diaryl/α,β-unsaturated/α-hetero) is 2. The third-order valence-corrected chi connectivity index (χ3v) is 8.57. The van der Waals surface area contributed by atoms with E-state index < -0.39 is 58.0 Å². The van der Waals surface area contributed by atoms with Gasteiger partial charge in [-0.3, -0.25) is 19.3 Å². The van der Waals surface area contributed by atoms with Crippen molar-refractivity contribution < 1.29 is 39.5 Å². The van der Waals surface area contributed by atoms with Crippen LogP contribution in [0.1, 0.15) is 38.5 Å². The van der Waals surface area contributed by atoms with Crippen molar-refractivity contribution in [3.63, 3.8) is 0 Å². The van der Waals surface area contributed by atoms with E-state index in [9.17, 15) is 34.8 Å². The summed E-state index contributed by atoms with van der Waals surface area (Å²) in [7, 11) is 4.78. The molecule has 0 aromatic rings. The molecule has 40 heavy (non-hydrogen) atoms. The topological polar surface area (TPSA) is 171 Å². The minimum atomic E-state index is -2.65. The summed E-state index contributed by atoms with van der Waals surface area (Å²) >= 11 is 0. The van der Waals surface area contributed by atoms with Crippen molar-refractivity contribution in [1.29, 1.82) is 0 Å². The van der Waals surface area contributed by atoms with E-state index in [1.807, 2.05) is 12.2 Å². The van der Waals surface area contributed by atoms with E-state index in [4.69, 9.17) is 10.5 Å². The van der Waals surface area contributed by atoms with Gasteiger partial charge in [-0.1, -0.05) is 11.8 Å². The Morgan fingerprint density at radius 2 is 1.88 bits per heavy atom. The molecule has 210 valence electrons. The second-order valence-electron chi connectivity index (χ2n) is 11.0. The van der Waals surface area contributed by atoms with Gasteiger partial charge in [-0.2, -0.15) is 0 Å². The van der Waals surface area contributed by atoms with Crippen LogP contribution in [0.15, 0.2) is 68.6 Å². The molecule has 0 radical (unpaired) electrons. The van der Waals surface area contributed by atoms with Crippen molar-refractivity contribution in [2.24, 2.45) is 17.6 Å². The van der Waals surface area contributed by atoms with Crippen LogP contribution in [0.5, 0.6) is 0 Å². The Labute approximate surface area is 231 Å². The summed E-state index contributed by atoms with van der Waals surface area (Å²) in [5.74, 6) is 0.613. The molecule has 0 aromatic heterocycles. The summed E-state index contributed by atoms with van der Waals surface area (Å²) in [6, 6.07) is -1.03. The number of allylic oxidation sites excluding steroid dienone is 8. The van der Waals surface area contributed by atoms with Gasteiger partial charge in [-0.15, -0.1) is 0 Å². The molecule has 1 saturated carbocycles. The number of methoxy groups -OCH3 is 1. The van der Waals surface area contributed by atoms with Crippen LogP contribution in [0, 0.1) is 23.7 Å². The zero-order valence-corrected chi connectivity index (χ0v) is 22.6. The molecule has 0 aromatic carbocycles. The number of aliphatic hydroxyl groups is 4. The van der Waals surface area contributed by atoms with Crippen molar-refractivity contribution in [2.75, 3.05) is 21.2 Å². The summed E-state index contributed by atoms with van der Waals surface area (Å²) in [5.41, 5.74) is 3.91. The van der Waals surface area contributed by atoms with Crippen LogP contribution in [-0.4, -0.2) is 75.6 Å². The number of amides is 1. The SMILES string of the molecule is COC1=CCCC(C#CC2=C3C[C@H]4C[C@H]5[C@H](N(C)C)C(O)=C(C(N)=O)C(=O)[C@@]5(O)C(O)=C4C(=O)C3=C(O)CC2)=C1. The number of nitrogens with zero attached hydrogens (tertiary/aromatic N) is 1. The monoisotopic (exact) mass is 548 g/mol. The zero-order valence-electron chi connectivity index (χ0n) is 22.6. The predicted molar refractivity (Wildman–Crippen MR) is 143 cm³/mol. The number of aliphatic hydroxyl groups excluding tert-OH is 3. The number of carbonyl (C=O) groups is 3. The highest BCUT2D eigenvalue weighted by molar-refractivity contribution is 6.24. The average molecular weight is 549 g/mol. The molecule has 0 heterocycles. The lowest BCUT2D eigenvalue weighted by Gasteiger charge is -2.50. The summed E-state index contributed by atoms with van der Waals surface area (Å²) in [6.07, 6.45) is 6.27. The first-order valence-electron chi connectivity index (χ1n) is 13.2. The maximum atomic E-state index is 13.8. The van der Waals surface area contributed by atoms with Crippen molar-refractivity contribution >= 4 is 17.5 Å². The van der Waals surface area contributed by atoms with Crippen molar-refractivity contribution in [1.82, 2.24) is 4.90 Å². The largest absolute Gasteiger partial charge is 0.512 e. The second-order valence-corrected chi connectivity index (χ2v) is 11.0. The number of likely N-dealkylation sites (N-methyl/N-ethyl adjacent to an activating group) is 1. The summed E-state index contributed by atoms with van der Waals surface area (Å²) in [6.45, 7) is 0. The molecule has 10 heteroatoms. The smallest absolute Gasteiger partial charge is 0.255 e. The molecule has 10 nitrogen and oxygen atoms in total. The molecule has 6 N–H and O–H groups in total. The van der Waals surface area contributed by atoms with E-state index in [2.05, 4.69) is 11.8 Å². The molecule has 1 amide bonds. The number of hydrogen-bond acceptors (Lipinski definition) is 9. The molecule has 5 rings (SSSR count). The first-order valence-corrected chi connectivity index (χ1v) is 13.2. The highest BCUT2D eigenvalue weighted by Crippen LogP contribution is 2.54. The van der Waals surface area contributed by atoms with Gasteiger partial charge in [0.25, 0.3) is 5.91 Å². The third kappa shape index (κ3) is 4.00. The van der Waals surface area contributed by atoms with Crippen LogP contribution >= 0.6 is 0 Å². The number of hydrogen-bond donors (Lipinski definition) is 5. The molecule has 1 fully saturated rings. The van der Waals surface area contributed by atoms with Crippen LogP contribution in [0.4, 0.5) is 0 Å². The Morgan fingerprint density at radius 3 is 2.52 bits per heavy atom. The molecular weight excluding hydrogens is 516 g/mol. The van der Waals surface area contributed by atoms with E-state index in [-0.39, 0.29) is 36.2 Å². The fourth-order valence-corrected chi connectivity index (χ4v) is 6.69. The number of fused-ring (bicyclic) bond motifs is 3. The maximum Gasteiger partial charge on any atom is 0.255 e. The maximum absolute atomic E-state index is 13.8. The van der Waals surface area contributed by atoms with E-state index in [1.165, 1.54) is 4.90 Å². The second kappa shape index (κ2) is 9.84. The molecule has 0 spiro atoms. The van der Waals surface area contributed by atoms with Gasteiger partial charge >= 0.3 is 0 Å². The van der Waals surface area contributed by atoms with E-state index in [0.29, 0.717) is 17.6 Å². The lowest BCUT2D eigenvalue weighted by Crippen LogP contribution is -2.63. The van der Waals surface area contributed by atoms with E-state index in [1.54, 1.807) is 21.2 Å². The number of nitrogens with two attached hydrogens (primary N) is 1. The lowest BCUT2D eigenvalue weighted by atomic mass is 9.57. The van der Waals surface area contributed by atoms with Gasteiger partial charge in [-0.25, -0.2) is 0 Å². The molecule has 0 bridgehead atoms. The highest BCUT2D eigenvalue weighted by atomic mass is 16.5. The van der Waals surface area contributed by atoms with Crippen molar-refractivity contribution in [2.45, 2.75) is 50.2 Å². The standard InChI is InChI=1S/C30H32N2O8/c1-32(2)24-19-13-16-12-18-15(8-7-14-5-4-6-17(11-14)40-3)9-10-20(33)22(18)25(34)21(16)27(36)30(19,39)28(37)23(26(24)35)29(31)38/h6,11,16,19,24,33,35-36,39H,4-5,9-10,12-13H2,1-3H3,(H2,31,38)/t16-,19-,24-,30-/m0/s1. The normalized spacial score (nSPS) is 30.3. The number of carbonyl (C=O) groups excluding carboxylic acids is 3. The van der Waals surface area contributed by atoms with Crippen molar-refractivity contribution in [3.8, 4) is 11.8 Å². The van der Waals surface area contributed by atoms with Gasteiger partial charge in [0.1, 0.15) is 28.6 Å². The Balaban J connectivity index is 1.62. The first kappa shape index (κ1) is 27.5. The molecule has 5 aliphatic carbocycles. The lowest BCUT2D eigenvalue weighted by molar-refractivity contribution is -0.149. The third-order valence-electron chi connectivity index (χ3n) is 8.57. The van der Waals surface area contributed by atoms with Crippen LogP contribution < -0.4 is 5.73 Å². The summed E-state index contributed by atoms with van der Waals surface area (Å²) < 4.78 is 5.30. The van der Waals surface area contributed by atoms with Crippen LogP contribution in [0.3, 0.4) is 0 Å². The fraction of sp³-hybridized carbons (Fsp3) is 0.433. The predicted octanol–water partition coefficient (Wildman–Crippen LogP) is 2.11. The zero-order chi connectivity index (χ0) is 29.1. The van der Waals surface area contributed by atoms with Gasteiger partial charge < -0.3 is 30.9 Å². The van der Waals surface area contributed by atoms with Gasteiger partial charge in [0.05, 0.1) is 18.7 Å². The van der Waals surface area contributed by atoms with Crippen LogP contribution in [-0.2, 0) is 19.1 Å². The molecule has 4 atom stereocenters. The number of ketones is 2. The minimum Gasteiger partial charge on any atom is -0.512 e. The molecule has 0 aliphatic heterocycles. The molecular formula is C30H32N2O8. The van der Waals surface area contributed by atoms with Gasteiger partial charge in [0.15, 0.2) is 11.4 Å². The molecule has 0 saturated heterocycles. The minimum absolute atomic E-state index is 0.0198. The van der Waals surface area contributed by atoms with E-state index in [0.717, 1.165) is 24.2 Å². The fourth-order valence-electron chi connectivity index (χ4n) is 6.69. The Morgan fingerprint density at radius 1 is 1.15 bits per heavy atom. The Hall–Kier alpha value is -4.07. The van der Waals surface area contributed by atoms with E-state index >= 15 is 0 Å². The van der Waals surface area contributed by atoms with Gasteiger partial charge in [-0.05, 0) is 69.8 Å². The Kier molecular flexibility index (Phi) is 6.76. The van der Waals surface area contributed by atoms with Gasteiger partial charge in [0.2, 0.25) is 5.78 Å². The molecule has 0 unspecified atom stereocenters. The average Bonchev–Trinajstić information content (AvgIpc) is 2.90. The molecule has 5 aliphatic rings. The highest BCUT2D eigenvalue weighted by Gasteiger charge is 2.63. The number of primary amides is 1. The summed E-state index contributed by atoms with van der Waals surface area (Å²) in [4.78, 5) is 40.8. The first-order chi connectivity index (χ1) is 18.9. The summed E-state index contributed by atoms with van der Waals surface area (Å²) in [5, 5.41) is 44.7. The quantitative estimate of drug-likeness (QED) is 0.262. The van der Waals surface area contributed by atoms with Gasteiger partial charge in [0, 0.05) is 29.1 Å².